The largest absolute Gasteiger partial charge is 0.360 e. The van der Waals surface area contributed by atoms with Gasteiger partial charge in [-0.15, -0.1) is 0 Å². The SMILES string of the molecule is Cc1cc(NS(=O)(=O)c2ccc(NC(=O)CC3CCCC3)cc2)no1. The molecule has 134 valence electrons. The van der Waals surface area contributed by atoms with E-state index in [-0.39, 0.29) is 16.6 Å². The van der Waals surface area contributed by atoms with Crippen LogP contribution in [0.5, 0.6) is 0 Å². The Kier molecular flexibility index (Phi) is 5.08. The molecular formula is C17H21N3O4S. The number of hydrogen-bond acceptors (Lipinski definition) is 5. The van der Waals surface area contributed by atoms with Crippen molar-refractivity contribution in [1.29, 1.82) is 0 Å². The number of nitrogens with zero attached hydrogens (tertiary/aromatic N) is 1. The van der Waals surface area contributed by atoms with Crippen molar-refractivity contribution in [3.63, 3.8) is 0 Å². The standard InChI is InChI=1S/C17H21N3O4S/c1-12-10-16(19-24-12)20-25(22,23)15-8-6-14(7-9-15)18-17(21)11-13-4-2-3-5-13/h6-10,13H,2-5,11H2,1H3,(H,18,21)(H,19,20). The zero-order valence-electron chi connectivity index (χ0n) is 14.0. The molecule has 1 heterocycles. The predicted octanol–water partition coefficient (Wildman–Crippen LogP) is 3.30. The molecule has 25 heavy (non-hydrogen) atoms. The molecule has 2 aromatic rings. The molecule has 1 aromatic carbocycles. The van der Waals surface area contributed by atoms with Gasteiger partial charge in [0.15, 0.2) is 5.82 Å². The predicted molar refractivity (Wildman–Crippen MR) is 93.7 cm³/mol. The Bertz CT molecular complexity index is 837. The number of benzene rings is 1. The molecule has 0 bridgehead atoms. The highest BCUT2D eigenvalue weighted by molar-refractivity contribution is 7.92. The van der Waals surface area contributed by atoms with Gasteiger partial charge in [0.2, 0.25) is 5.91 Å². The third-order valence-corrected chi connectivity index (χ3v) is 5.63. The molecule has 0 atom stereocenters. The molecule has 7 nitrogen and oxygen atoms in total. The number of carbonyl (C=O) groups is 1. The van der Waals surface area contributed by atoms with Gasteiger partial charge in [0.1, 0.15) is 5.76 Å². The molecule has 1 aromatic heterocycles. The summed E-state index contributed by atoms with van der Waals surface area (Å²) in [4.78, 5) is 12.1. The van der Waals surface area contributed by atoms with Crippen LogP contribution in [0.3, 0.4) is 0 Å². The van der Waals surface area contributed by atoms with Gasteiger partial charge >= 0.3 is 0 Å². The molecule has 0 spiro atoms. The minimum absolute atomic E-state index is 0.0290. The number of aromatic nitrogens is 1. The second kappa shape index (κ2) is 7.26. The van der Waals surface area contributed by atoms with Gasteiger partial charge in [0, 0.05) is 18.2 Å². The Morgan fingerprint density at radius 2 is 1.92 bits per heavy atom. The van der Waals surface area contributed by atoms with Crippen LogP contribution in [0.15, 0.2) is 39.8 Å². The molecule has 1 saturated carbocycles. The number of nitrogens with one attached hydrogen (secondary N) is 2. The first-order chi connectivity index (χ1) is 11.9. The molecule has 0 aliphatic heterocycles. The monoisotopic (exact) mass is 363 g/mol. The fourth-order valence-electron chi connectivity index (χ4n) is 3.02. The lowest BCUT2D eigenvalue weighted by atomic mass is 10.0. The number of rotatable bonds is 6. The van der Waals surface area contributed by atoms with Crippen molar-refractivity contribution in [3.8, 4) is 0 Å². The van der Waals surface area contributed by atoms with Crippen LogP contribution < -0.4 is 10.0 Å². The van der Waals surface area contributed by atoms with Crippen molar-refractivity contribution in [1.82, 2.24) is 5.16 Å². The van der Waals surface area contributed by atoms with Crippen molar-refractivity contribution in [2.45, 2.75) is 43.9 Å². The van der Waals surface area contributed by atoms with Crippen LogP contribution >= 0.6 is 0 Å². The van der Waals surface area contributed by atoms with Crippen molar-refractivity contribution in [2.75, 3.05) is 10.0 Å². The van der Waals surface area contributed by atoms with Gasteiger partial charge in [0.05, 0.1) is 4.90 Å². The minimum Gasteiger partial charge on any atom is -0.360 e. The van der Waals surface area contributed by atoms with Crippen LogP contribution in [0, 0.1) is 12.8 Å². The third kappa shape index (κ3) is 4.60. The van der Waals surface area contributed by atoms with Crippen LogP contribution in [0.2, 0.25) is 0 Å². The van der Waals surface area contributed by atoms with Gasteiger partial charge in [-0.2, -0.15) is 0 Å². The summed E-state index contributed by atoms with van der Waals surface area (Å²) in [6, 6.07) is 7.54. The first kappa shape index (κ1) is 17.5. The van der Waals surface area contributed by atoms with Gasteiger partial charge in [0.25, 0.3) is 10.0 Å². The Balaban J connectivity index is 1.61. The van der Waals surface area contributed by atoms with Crippen molar-refractivity contribution in [3.05, 3.63) is 36.1 Å². The topological polar surface area (TPSA) is 101 Å². The lowest BCUT2D eigenvalue weighted by Crippen LogP contribution is -2.16. The van der Waals surface area contributed by atoms with E-state index >= 15 is 0 Å². The van der Waals surface area contributed by atoms with Crippen LogP contribution in [0.4, 0.5) is 11.5 Å². The maximum Gasteiger partial charge on any atom is 0.263 e. The summed E-state index contributed by atoms with van der Waals surface area (Å²) >= 11 is 0. The lowest BCUT2D eigenvalue weighted by Gasteiger charge is -2.10. The summed E-state index contributed by atoms with van der Waals surface area (Å²) in [6.45, 7) is 1.67. The zero-order valence-corrected chi connectivity index (χ0v) is 14.8. The quantitative estimate of drug-likeness (QED) is 0.820. The van der Waals surface area contributed by atoms with Gasteiger partial charge < -0.3 is 9.84 Å². The van der Waals surface area contributed by atoms with Crippen LogP contribution in [0.25, 0.3) is 0 Å². The Hall–Kier alpha value is -2.35. The number of amides is 1. The molecule has 2 N–H and O–H groups in total. The Labute approximate surface area is 146 Å². The number of sulfonamides is 1. The van der Waals surface area contributed by atoms with Gasteiger partial charge in [-0.05, 0) is 49.9 Å². The van der Waals surface area contributed by atoms with E-state index < -0.39 is 10.0 Å². The molecule has 1 aliphatic carbocycles. The first-order valence-corrected chi connectivity index (χ1v) is 9.77. The zero-order chi connectivity index (χ0) is 17.9. The molecule has 0 saturated heterocycles. The van der Waals surface area contributed by atoms with E-state index in [1.807, 2.05) is 0 Å². The summed E-state index contributed by atoms with van der Waals surface area (Å²) < 4.78 is 31.8. The molecule has 3 rings (SSSR count). The third-order valence-electron chi connectivity index (χ3n) is 4.26. The highest BCUT2D eigenvalue weighted by Gasteiger charge is 2.19. The second-order valence-electron chi connectivity index (χ2n) is 6.36. The normalized spacial score (nSPS) is 15.2. The summed E-state index contributed by atoms with van der Waals surface area (Å²) in [5.41, 5.74) is 0.583. The molecule has 0 unspecified atom stereocenters. The van der Waals surface area contributed by atoms with E-state index in [0.717, 1.165) is 12.8 Å². The average molecular weight is 363 g/mol. The van der Waals surface area contributed by atoms with Crippen molar-refractivity contribution in [2.24, 2.45) is 5.92 Å². The highest BCUT2D eigenvalue weighted by atomic mass is 32.2. The first-order valence-electron chi connectivity index (χ1n) is 8.28. The lowest BCUT2D eigenvalue weighted by molar-refractivity contribution is -0.117. The second-order valence-corrected chi connectivity index (χ2v) is 8.04. The van der Waals surface area contributed by atoms with Gasteiger partial charge in [-0.3, -0.25) is 9.52 Å². The fraction of sp³-hybridized carbons (Fsp3) is 0.412. The number of hydrogen-bond donors (Lipinski definition) is 2. The summed E-state index contributed by atoms with van der Waals surface area (Å²) in [6.07, 6.45) is 5.13. The van der Waals surface area contributed by atoms with Crippen molar-refractivity contribution < 1.29 is 17.7 Å². The number of aryl methyl sites for hydroxylation is 1. The van der Waals surface area contributed by atoms with Gasteiger partial charge in [-0.1, -0.05) is 18.0 Å². The summed E-state index contributed by atoms with van der Waals surface area (Å²) in [7, 11) is -3.75. The average Bonchev–Trinajstić information content (AvgIpc) is 3.19. The maximum absolute atomic E-state index is 12.3. The minimum atomic E-state index is -3.75. The van der Waals surface area contributed by atoms with E-state index in [1.165, 1.54) is 31.0 Å². The summed E-state index contributed by atoms with van der Waals surface area (Å²) in [5.74, 6) is 1.08. The van der Waals surface area contributed by atoms with Gasteiger partial charge in [-0.25, -0.2) is 8.42 Å². The molecule has 1 fully saturated rings. The van der Waals surface area contributed by atoms with E-state index in [2.05, 4.69) is 15.2 Å². The number of anilines is 2. The molecule has 1 aliphatic rings. The molecular weight excluding hydrogens is 342 g/mol. The van der Waals surface area contributed by atoms with Crippen LogP contribution in [-0.2, 0) is 14.8 Å². The van der Waals surface area contributed by atoms with Crippen molar-refractivity contribution >= 4 is 27.4 Å². The molecule has 8 heteroatoms. The summed E-state index contributed by atoms with van der Waals surface area (Å²) in [5, 5.41) is 6.43. The van der Waals surface area contributed by atoms with E-state index in [1.54, 1.807) is 19.1 Å². The van der Waals surface area contributed by atoms with E-state index in [9.17, 15) is 13.2 Å². The Morgan fingerprint density at radius 1 is 1.24 bits per heavy atom. The smallest absolute Gasteiger partial charge is 0.263 e. The maximum atomic E-state index is 12.3. The van der Waals surface area contributed by atoms with E-state index in [0.29, 0.717) is 23.8 Å². The van der Waals surface area contributed by atoms with Crippen LogP contribution in [-0.4, -0.2) is 19.5 Å². The van der Waals surface area contributed by atoms with E-state index in [4.69, 9.17) is 4.52 Å². The Morgan fingerprint density at radius 3 is 2.52 bits per heavy atom. The molecule has 0 radical (unpaired) electrons. The molecule has 1 amide bonds. The van der Waals surface area contributed by atoms with Crippen LogP contribution in [0.1, 0.15) is 37.9 Å². The number of carbonyl (C=O) groups excluding carboxylic acids is 1. The fourth-order valence-corrected chi connectivity index (χ4v) is 4.00. The highest BCUT2D eigenvalue weighted by Crippen LogP contribution is 2.28.